The fourth-order valence-corrected chi connectivity index (χ4v) is 3.92. The molecule has 2 aromatic rings. The molecule has 0 aliphatic rings. The number of nitrogen functional groups attached to an aromatic ring is 2. The first-order valence-electron chi connectivity index (χ1n) is 6.51. The molecule has 2 rings (SSSR count). The minimum absolute atomic E-state index is 0.0202. The minimum Gasteiger partial charge on any atom is -0.452 e. The fourth-order valence-electron chi connectivity index (χ4n) is 1.90. The van der Waals surface area contributed by atoms with E-state index >= 15 is 0 Å². The summed E-state index contributed by atoms with van der Waals surface area (Å²) in [6.07, 6.45) is 1.33. The lowest BCUT2D eigenvalue weighted by atomic mass is 10.0. The molecular weight excluding hydrogens is 433 g/mol. The Bertz CT molecular complexity index is 855. The number of hydrogen-bond donors (Lipinski definition) is 3. The average Bonchev–Trinajstić information content (AvgIpc) is 2.41. The molecule has 0 radical (unpaired) electrons. The van der Waals surface area contributed by atoms with Crippen molar-refractivity contribution in [2.24, 2.45) is 5.14 Å². The molecule has 0 bridgehead atoms. The highest BCUT2D eigenvalue weighted by Gasteiger charge is 2.20. The van der Waals surface area contributed by atoms with Gasteiger partial charge in [0.15, 0.2) is 11.6 Å². The zero-order valence-electron chi connectivity index (χ0n) is 12.4. The van der Waals surface area contributed by atoms with E-state index in [0.717, 1.165) is 5.56 Å². The van der Waals surface area contributed by atoms with Gasteiger partial charge in [0.2, 0.25) is 16.0 Å². The Morgan fingerprint density at radius 1 is 1.22 bits per heavy atom. The van der Waals surface area contributed by atoms with E-state index in [1.54, 1.807) is 6.07 Å². The number of nitrogens with zero attached hydrogens (tertiary/aromatic N) is 2. The Labute approximate surface area is 147 Å². The maximum Gasteiger partial charge on any atom is 0.239 e. The van der Waals surface area contributed by atoms with E-state index < -0.39 is 10.0 Å². The second-order valence-electron chi connectivity index (χ2n) is 5.10. The van der Waals surface area contributed by atoms with Crippen LogP contribution in [0, 0.1) is 3.57 Å². The molecule has 0 spiro atoms. The SMILES string of the molecule is CC(C)c1cc(I)c(S(N)(=O)=O)cc1Oc1cnc(N)nc1N. The van der Waals surface area contributed by atoms with E-state index in [1.165, 1.54) is 12.3 Å². The van der Waals surface area contributed by atoms with Crippen molar-refractivity contribution in [1.82, 2.24) is 9.97 Å². The van der Waals surface area contributed by atoms with Crippen molar-refractivity contribution in [1.29, 1.82) is 0 Å². The van der Waals surface area contributed by atoms with E-state index in [4.69, 9.17) is 21.3 Å². The van der Waals surface area contributed by atoms with Crippen LogP contribution in [-0.4, -0.2) is 18.4 Å². The van der Waals surface area contributed by atoms with Gasteiger partial charge in [-0.1, -0.05) is 13.8 Å². The zero-order chi connectivity index (χ0) is 17.4. The van der Waals surface area contributed by atoms with Crippen LogP contribution in [0.15, 0.2) is 23.2 Å². The van der Waals surface area contributed by atoms with Crippen molar-refractivity contribution >= 4 is 44.4 Å². The van der Waals surface area contributed by atoms with Crippen molar-refractivity contribution in [3.8, 4) is 11.5 Å². The van der Waals surface area contributed by atoms with Gasteiger partial charge in [-0.3, -0.25) is 0 Å². The molecule has 0 fully saturated rings. The summed E-state index contributed by atoms with van der Waals surface area (Å²) in [6, 6.07) is 3.09. The van der Waals surface area contributed by atoms with Gasteiger partial charge in [0.25, 0.3) is 0 Å². The highest BCUT2D eigenvalue weighted by Crippen LogP contribution is 2.36. The van der Waals surface area contributed by atoms with Crippen LogP contribution in [0.2, 0.25) is 0 Å². The molecule has 1 aromatic carbocycles. The summed E-state index contributed by atoms with van der Waals surface area (Å²) in [6.45, 7) is 3.91. The van der Waals surface area contributed by atoms with Gasteiger partial charge in [-0.2, -0.15) is 4.98 Å². The normalized spacial score (nSPS) is 11.7. The molecule has 1 heterocycles. The summed E-state index contributed by atoms with van der Waals surface area (Å²) in [4.78, 5) is 7.60. The molecule has 1 aromatic heterocycles. The maximum absolute atomic E-state index is 11.7. The van der Waals surface area contributed by atoms with Crippen molar-refractivity contribution < 1.29 is 13.2 Å². The Morgan fingerprint density at radius 2 is 1.87 bits per heavy atom. The van der Waals surface area contributed by atoms with Crippen LogP contribution in [0.3, 0.4) is 0 Å². The van der Waals surface area contributed by atoms with Gasteiger partial charge >= 0.3 is 0 Å². The topological polar surface area (TPSA) is 147 Å². The number of rotatable bonds is 4. The predicted molar refractivity (Wildman–Crippen MR) is 95.6 cm³/mol. The van der Waals surface area contributed by atoms with Gasteiger partial charge in [0, 0.05) is 9.64 Å². The number of aromatic nitrogens is 2. The standard InChI is InChI=1S/C13H16IN5O3S/c1-6(2)7-3-8(14)11(23(17,20)21)4-9(7)22-10-5-18-13(16)19-12(10)15/h3-6H,1-2H3,(H2,17,20,21)(H4,15,16,18,19). The molecule has 0 amide bonds. The van der Waals surface area contributed by atoms with Crippen LogP contribution in [-0.2, 0) is 10.0 Å². The van der Waals surface area contributed by atoms with Gasteiger partial charge in [-0.25, -0.2) is 18.5 Å². The monoisotopic (exact) mass is 449 g/mol. The Hall–Kier alpha value is -1.66. The van der Waals surface area contributed by atoms with Crippen LogP contribution < -0.4 is 21.3 Å². The largest absolute Gasteiger partial charge is 0.452 e. The molecule has 23 heavy (non-hydrogen) atoms. The van der Waals surface area contributed by atoms with E-state index in [2.05, 4.69) is 9.97 Å². The van der Waals surface area contributed by atoms with Gasteiger partial charge in [0.1, 0.15) is 5.75 Å². The lowest BCUT2D eigenvalue weighted by Gasteiger charge is -2.16. The number of benzene rings is 1. The van der Waals surface area contributed by atoms with Crippen LogP contribution in [0.5, 0.6) is 11.5 Å². The summed E-state index contributed by atoms with van der Waals surface area (Å²) in [5.41, 5.74) is 12.0. The van der Waals surface area contributed by atoms with Crippen LogP contribution in [0.1, 0.15) is 25.3 Å². The maximum atomic E-state index is 11.7. The fraction of sp³-hybridized carbons (Fsp3) is 0.231. The number of halogens is 1. The smallest absolute Gasteiger partial charge is 0.239 e. The van der Waals surface area contributed by atoms with E-state index in [1.807, 2.05) is 36.4 Å². The minimum atomic E-state index is -3.88. The van der Waals surface area contributed by atoms with Crippen LogP contribution in [0.25, 0.3) is 0 Å². The van der Waals surface area contributed by atoms with Gasteiger partial charge in [0.05, 0.1) is 11.1 Å². The number of primary sulfonamides is 1. The summed E-state index contributed by atoms with van der Waals surface area (Å²) < 4.78 is 29.6. The van der Waals surface area contributed by atoms with Gasteiger partial charge in [-0.05, 0) is 40.1 Å². The molecule has 0 atom stereocenters. The van der Waals surface area contributed by atoms with E-state index in [0.29, 0.717) is 9.32 Å². The second-order valence-corrected chi connectivity index (χ2v) is 7.79. The third-order valence-corrected chi connectivity index (χ3v) is 5.22. The quantitative estimate of drug-likeness (QED) is 0.603. The van der Waals surface area contributed by atoms with Crippen LogP contribution in [0.4, 0.5) is 11.8 Å². The zero-order valence-corrected chi connectivity index (χ0v) is 15.4. The number of nitrogens with two attached hydrogens (primary N) is 3. The summed E-state index contributed by atoms with van der Waals surface area (Å²) >= 11 is 1.92. The van der Waals surface area contributed by atoms with Crippen molar-refractivity contribution in [3.63, 3.8) is 0 Å². The molecule has 8 nitrogen and oxygen atoms in total. The van der Waals surface area contributed by atoms with Crippen molar-refractivity contribution in [2.75, 3.05) is 11.5 Å². The number of sulfonamides is 1. The third-order valence-electron chi connectivity index (χ3n) is 3.01. The molecule has 0 aliphatic carbocycles. The molecular formula is C13H16IN5O3S. The molecule has 0 saturated carbocycles. The molecule has 124 valence electrons. The number of hydrogen-bond acceptors (Lipinski definition) is 7. The van der Waals surface area contributed by atoms with Gasteiger partial charge < -0.3 is 16.2 Å². The second kappa shape index (κ2) is 6.45. The summed E-state index contributed by atoms with van der Waals surface area (Å²) in [5.74, 6) is 0.672. The lowest BCUT2D eigenvalue weighted by Crippen LogP contribution is -2.14. The molecule has 6 N–H and O–H groups in total. The summed E-state index contributed by atoms with van der Waals surface area (Å²) in [7, 11) is -3.88. The van der Waals surface area contributed by atoms with E-state index in [9.17, 15) is 8.42 Å². The lowest BCUT2D eigenvalue weighted by molar-refractivity contribution is 0.469. The molecule has 0 saturated heterocycles. The highest BCUT2D eigenvalue weighted by molar-refractivity contribution is 14.1. The molecule has 10 heteroatoms. The first-order chi connectivity index (χ1) is 10.6. The molecule has 0 aliphatic heterocycles. The molecule has 0 unspecified atom stereocenters. The predicted octanol–water partition coefficient (Wildman–Crippen LogP) is 1.81. The first kappa shape index (κ1) is 17.7. The third kappa shape index (κ3) is 4.00. The van der Waals surface area contributed by atoms with Crippen molar-refractivity contribution in [2.45, 2.75) is 24.7 Å². The summed E-state index contributed by atoms with van der Waals surface area (Å²) in [5, 5.41) is 5.24. The Kier molecular flexibility index (Phi) is 4.96. The Balaban J connectivity index is 2.59. The number of ether oxygens (including phenoxy) is 1. The highest BCUT2D eigenvalue weighted by atomic mass is 127. The van der Waals surface area contributed by atoms with Crippen molar-refractivity contribution in [3.05, 3.63) is 27.5 Å². The average molecular weight is 449 g/mol. The number of anilines is 2. The van der Waals surface area contributed by atoms with Crippen LogP contribution >= 0.6 is 22.6 Å². The first-order valence-corrected chi connectivity index (χ1v) is 9.14. The van der Waals surface area contributed by atoms with E-state index in [-0.39, 0.29) is 28.3 Å². The van der Waals surface area contributed by atoms with Gasteiger partial charge in [-0.15, -0.1) is 0 Å². The Morgan fingerprint density at radius 3 is 2.39 bits per heavy atom.